The molecule has 1 aliphatic heterocycles. The number of carbonyl (C=O) groups excluding carboxylic acids is 1. The lowest BCUT2D eigenvalue weighted by Gasteiger charge is -2.37. The van der Waals surface area contributed by atoms with Gasteiger partial charge in [-0.25, -0.2) is 4.98 Å². The predicted molar refractivity (Wildman–Crippen MR) is 78.0 cm³/mol. The Balaban J connectivity index is 2.07. The number of amides is 1. The van der Waals surface area contributed by atoms with Crippen LogP contribution in [0.1, 0.15) is 17.5 Å². The molecule has 12 heteroatoms. The van der Waals surface area contributed by atoms with Crippen molar-refractivity contribution in [3.05, 3.63) is 17.1 Å². The second kappa shape index (κ2) is 5.99. The minimum absolute atomic E-state index is 0.0226. The zero-order valence-electron chi connectivity index (χ0n) is 12.7. The van der Waals surface area contributed by atoms with Crippen LogP contribution in [0.4, 0.5) is 23.4 Å². The van der Waals surface area contributed by atoms with Crippen molar-refractivity contribution in [2.24, 2.45) is 0 Å². The summed E-state index contributed by atoms with van der Waals surface area (Å²) in [6, 6.07) is 1.22. The number of aromatic nitrogens is 2. The summed E-state index contributed by atoms with van der Waals surface area (Å²) in [6.07, 6.45) is -8.22. The molecule has 0 atom stereocenters. The third-order valence-corrected chi connectivity index (χ3v) is 3.40. The van der Waals surface area contributed by atoms with Gasteiger partial charge >= 0.3 is 12.2 Å². The monoisotopic (exact) mass is 382 g/mol. The Morgan fingerprint density at radius 3 is 2.56 bits per heavy atom. The number of halogens is 5. The first-order valence-corrected chi connectivity index (χ1v) is 7.44. The molecule has 1 N–H and O–H groups in total. The highest BCUT2D eigenvalue weighted by atomic mass is 35.5. The van der Waals surface area contributed by atoms with Crippen molar-refractivity contribution in [1.29, 1.82) is 0 Å². The van der Waals surface area contributed by atoms with E-state index in [0.717, 1.165) is 0 Å². The number of hydrogen-bond donors (Lipinski definition) is 1. The van der Waals surface area contributed by atoms with Crippen molar-refractivity contribution < 1.29 is 31.5 Å². The number of nitrogens with zero attached hydrogens (tertiary/aromatic N) is 3. The highest BCUT2D eigenvalue weighted by Crippen LogP contribution is 2.38. The number of fused-ring (bicyclic) bond motifs is 1. The van der Waals surface area contributed by atoms with Crippen LogP contribution in [0.3, 0.4) is 0 Å². The molecule has 0 spiro atoms. The van der Waals surface area contributed by atoms with E-state index in [-0.39, 0.29) is 28.0 Å². The first-order valence-electron chi connectivity index (χ1n) is 7.06. The first kappa shape index (κ1) is 17.7. The quantitative estimate of drug-likeness (QED) is 0.649. The average Bonchev–Trinajstić information content (AvgIpc) is 2.87. The number of alkyl halides is 4. The number of morpholine rings is 1. The van der Waals surface area contributed by atoms with E-state index in [9.17, 15) is 22.4 Å². The maximum Gasteiger partial charge on any atom is 0.377 e. The second-order valence-electron chi connectivity index (χ2n) is 5.23. The Hall–Kier alpha value is -2.14. The third kappa shape index (κ3) is 3.61. The smallest absolute Gasteiger partial charge is 0.377 e. The lowest BCUT2D eigenvalue weighted by atomic mass is 10.3. The van der Waals surface area contributed by atoms with Crippen LogP contribution in [0.25, 0.3) is 11.1 Å². The minimum Gasteiger partial charge on any atom is -0.445 e. The van der Waals surface area contributed by atoms with Gasteiger partial charge in [0.25, 0.3) is 5.91 Å². The molecule has 1 amide bonds. The standard InChI is InChI=1S/C13H11ClF4N4O3/c1-2-19-10(23)7-3-6-8(24-7)9(21-11(14)20-6)22-4-12(15,16)25-13(17,18)5-22/h3H,2,4-5H2,1H3,(H,19,23). The van der Waals surface area contributed by atoms with Crippen LogP contribution in [-0.4, -0.2) is 47.7 Å². The van der Waals surface area contributed by atoms with E-state index in [0.29, 0.717) is 11.4 Å². The SMILES string of the molecule is CCNC(=O)c1cc2nc(Cl)nc(N3CC(F)(F)OC(F)(F)C3)c2o1. The van der Waals surface area contributed by atoms with Gasteiger partial charge in [-0.2, -0.15) is 22.5 Å². The summed E-state index contributed by atoms with van der Waals surface area (Å²) in [7, 11) is 0. The van der Waals surface area contributed by atoms with Gasteiger partial charge in [-0.1, -0.05) is 0 Å². The Kier molecular flexibility index (Phi) is 4.23. The molecule has 0 aliphatic carbocycles. The predicted octanol–water partition coefficient (Wildman–Crippen LogP) is 2.65. The lowest BCUT2D eigenvalue weighted by molar-refractivity contribution is -0.380. The van der Waals surface area contributed by atoms with Crippen LogP contribution < -0.4 is 10.2 Å². The molecule has 2 aromatic rings. The molecule has 0 aromatic carbocycles. The van der Waals surface area contributed by atoms with Gasteiger partial charge in [0, 0.05) is 12.6 Å². The van der Waals surface area contributed by atoms with Gasteiger partial charge < -0.3 is 14.6 Å². The van der Waals surface area contributed by atoms with Crippen LogP contribution in [0.15, 0.2) is 10.5 Å². The van der Waals surface area contributed by atoms with E-state index in [1.54, 1.807) is 6.92 Å². The van der Waals surface area contributed by atoms with Crippen LogP contribution in [0.5, 0.6) is 0 Å². The van der Waals surface area contributed by atoms with Gasteiger partial charge in [-0.15, -0.1) is 0 Å². The Labute approximate surface area is 142 Å². The molecular weight excluding hydrogens is 372 g/mol. The number of nitrogens with one attached hydrogen (secondary N) is 1. The van der Waals surface area contributed by atoms with Gasteiger partial charge in [0.05, 0.1) is 0 Å². The van der Waals surface area contributed by atoms with Crippen LogP contribution >= 0.6 is 11.6 Å². The number of anilines is 1. The molecule has 7 nitrogen and oxygen atoms in total. The van der Waals surface area contributed by atoms with Crippen molar-refractivity contribution >= 4 is 34.4 Å². The summed E-state index contributed by atoms with van der Waals surface area (Å²) in [4.78, 5) is 19.9. The molecule has 25 heavy (non-hydrogen) atoms. The van der Waals surface area contributed by atoms with E-state index >= 15 is 0 Å². The molecule has 1 fully saturated rings. The fourth-order valence-electron chi connectivity index (χ4n) is 2.39. The minimum atomic E-state index is -4.11. The molecular formula is C13H11ClF4N4O3. The molecule has 136 valence electrons. The van der Waals surface area contributed by atoms with Crippen molar-refractivity contribution in [3.8, 4) is 0 Å². The molecule has 1 aliphatic rings. The van der Waals surface area contributed by atoms with E-state index in [4.69, 9.17) is 16.0 Å². The Morgan fingerprint density at radius 2 is 1.96 bits per heavy atom. The van der Waals surface area contributed by atoms with Crippen molar-refractivity contribution in [1.82, 2.24) is 15.3 Å². The maximum absolute atomic E-state index is 13.5. The molecule has 0 saturated carbocycles. The highest BCUT2D eigenvalue weighted by molar-refractivity contribution is 6.28. The van der Waals surface area contributed by atoms with E-state index < -0.39 is 31.2 Å². The molecule has 0 bridgehead atoms. The summed E-state index contributed by atoms with van der Waals surface area (Å²) in [5.74, 6) is -1.14. The van der Waals surface area contributed by atoms with Crippen molar-refractivity contribution in [2.45, 2.75) is 19.1 Å². The van der Waals surface area contributed by atoms with Crippen molar-refractivity contribution in [3.63, 3.8) is 0 Å². The van der Waals surface area contributed by atoms with Gasteiger partial charge in [-0.3, -0.25) is 9.53 Å². The number of hydrogen-bond acceptors (Lipinski definition) is 6. The molecule has 1 saturated heterocycles. The lowest BCUT2D eigenvalue weighted by Crippen LogP contribution is -2.55. The van der Waals surface area contributed by atoms with Gasteiger partial charge in [0.2, 0.25) is 5.28 Å². The van der Waals surface area contributed by atoms with Gasteiger partial charge in [-0.05, 0) is 18.5 Å². The van der Waals surface area contributed by atoms with Gasteiger partial charge in [0.15, 0.2) is 17.2 Å². The van der Waals surface area contributed by atoms with E-state index in [1.807, 2.05) is 0 Å². The summed E-state index contributed by atoms with van der Waals surface area (Å²) in [6.45, 7) is -0.387. The molecule has 3 heterocycles. The summed E-state index contributed by atoms with van der Waals surface area (Å²) in [5, 5.41) is 2.10. The fourth-order valence-corrected chi connectivity index (χ4v) is 2.57. The van der Waals surface area contributed by atoms with Crippen LogP contribution in [-0.2, 0) is 4.74 Å². The molecule has 2 aromatic heterocycles. The molecule has 0 unspecified atom stereocenters. The average molecular weight is 383 g/mol. The summed E-state index contributed by atoms with van der Waals surface area (Å²) < 4.78 is 62.6. The Morgan fingerprint density at radius 1 is 1.32 bits per heavy atom. The van der Waals surface area contributed by atoms with Crippen LogP contribution in [0, 0.1) is 0 Å². The largest absolute Gasteiger partial charge is 0.445 e. The topological polar surface area (TPSA) is 80.5 Å². The number of carbonyl (C=O) groups is 1. The third-order valence-electron chi connectivity index (χ3n) is 3.24. The molecule has 0 radical (unpaired) electrons. The zero-order valence-corrected chi connectivity index (χ0v) is 13.4. The summed E-state index contributed by atoms with van der Waals surface area (Å²) >= 11 is 5.74. The van der Waals surface area contributed by atoms with Crippen molar-refractivity contribution in [2.75, 3.05) is 24.5 Å². The number of furan rings is 1. The maximum atomic E-state index is 13.5. The van der Waals surface area contributed by atoms with Gasteiger partial charge in [0.1, 0.15) is 18.6 Å². The summed E-state index contributed by atoms with van der Waals surface area (Å²) in [5.41, 5.74) is -0.187. The second-order valence-corrected chi connectivity index (χ2v) is 5.57. The van der Waals surface area contributed by atoms with Crippen LogP contribution in [0.2, 0.25) is 5.28 Å². The molecule has 3 rings (SSSR count). The fraction of sp³-hybridized carbons (Fsp3) is 0.462. The first-order chi connectivity index (χ1) is 11.6. The highest BCUT2D eigenvalue weighted by Gasteiger charge is 2.52. The number of rotatable bonds is 3. The zero-order chi connectivity index (χ0) is 18.4. The Bertz CT molecular complexity index is 813. The van der Waals surface area contributed by atoms with E-state index in [1.165, 1.54) is 6.07 Å². The number of ether oxygens (including phenoxy) is 1. The van der Waals surface area contributed by atoms with E-state index in [2.05, 4.69) is 20.0 Å². The normalized spacial score (nSPS) is 19.2.